The van der Waals surface area contributed by atoms with E-state index in [1.54, 1.807) is 0 Å². The van der Waals surface area contributed by atoms with Gasteiger partial charge < -0.3 is 10.0 Å². The van der Waals surface area contributed by atoms with Crippen LogP contribution in [0.4, 0.5) is 0 Å². The van der Waals surface area contributed by atoms with Crippen molar-refractivity contribution in [2.24, 2.45) is 5.92 Å². The Morgan fingerprint density at radius 2 is 1.93 bits per heavy atom. The van der Waals surface area contributed by atoms with Crippen LogP contribution in [0.2, 0.25) is 0 Å². The van der Waals surface area contributed by atoms with Gasteiger partial charge in [-0.2, -0.15) is 0 Å². The molecule has 0 radical (unpaired) electrons. The van der Waals surface area contributed by atoms with Crippen molar-refractivity contribution >= 4 is 0 Å². The molecule has 0 heterocycles. The second-order valence-corrected chi connectivity index (χ2v) is 5.08. The highest BCUT2D eigenvalue weighted by Crippen LogP contribution is 2.22. The topological polar surface area (TPSA) is 23.5 Å². The Morgan fingerprint density at radius 1 is 1.29 bits per heavy atom. The number of aliphatic hydroxyl groups excluding tert-OH is 1. The van der Waals surface area contributed by atoms with E-state index >= 15 is 0 Å². The van der Waals surface area contributed by atoms with Crippen molar-refractivity contribution in [2.75, 3.05) is 13.6 Å². The van der Waals surface area contributed by atoms with Crippen molar-refractivity contribution in [2.45, 2.75) is 58.1 Å². The molecule has 0 aromatic heterocycles. The number of nitrogens with zero attached hydrogens (tertiary/aromatic N) is 1. The molecule has 2 heteroatoms. The predicted molar refractivity (Wildman–Crippen MR) is 60.3 cm³/mol. The summed E-state index contributed by atoms with van der Waals surface area (Å²) in [5, 5.41) is 9.86. The van der Waals surface area contributed by atoms with Crippen LogP contribution >= 0.6 is 0 Å². The van der Waals surface area contributed by atoms with E-state index in [4.69, 9.17) is 0 Å². The number of hydrogen-bond donors (Lipinski definition) is 1. The quantitative estimate of drug-likeness (QED) is 0.751. The number of likely N-dealkylation sites (N-methyl/N-ethyl adjacent to an activating group) is 1. The normalized spacial score (nSPS) is 28.7. The molecule has 14 heavy (non-hydrogen) atoms. The SMILES string of the molecule is CC(C)CCN(C)[C@H]1CCCC[C@@H]1O. The zero-order valence-corrected chi connectivity index (χ0v) is 9.87. The molecule has 1 saturated carbocycles. The molecule has 1 aliphatic rings. The van der Waals surface area contributed by atoms with Gasteiger partial charge in [0.05, 0.1) is 6.10 Å². The molecule has 1 aliphatic carbocycles. The fourth-order valence-corrected chi connectivity index (χ4v) is 2.23. The molecule has 1 fully saturated rings. The largest absolute Gasteiger partial charge is 0.391 e. The highest BCUT2D eigenvalue weighted by molar-refractivity contribution is 4.81. The Hall–Kier alpha value is -0.0800. The van der Waals surface area contributed by atoms with E-state index in [9.17, 15) is 5.11 Å². The fourth-order valence-electron chi connectivity index (χ4n) is 2.23. The molecule has 0 amide bonds. The third kappa shape index (κ3) is 3.58. The van der Waals surface area contributed by atoms with Crippen LogP contribution < -0.4 is 0 Å². The minimum absolute atomic E-state index is 0.0825. The van der Waals surface area contributed by atoms with E-state index in [-0.39, 0.29) is 6.10 Å². The summed E-state index contributed by atoms with van der Waals surface area (Å²) < 4.78 is 0. The van der Waals surface area contributed by atoms with Gasteiger partial charge in [0, 0.05) is 6.04 Å². The predicted octanol–water partition coefficient (Wildman–Crippen LogP) is 2.27. The minimum Gasteiger partial charge on any atom is -0.391 e. The molecule has 0 aliphatic heterocycles. The summed E-state index contributed by atoms with van der Waals surface area (Å²) in [4.78, 5) is 2.35. The minimum atomic E-state index is -0.0825. The lowest BCUT2D eigenvalue weighted by Gasteiger charge is -2.35. The van der Waals surface area contributed by atoms with Crippen LogP contribution in [0.5, 0.6) is 0 Å². The Labute approximate surface area is 88.3 Å². The Kier molecular flexibility index (Phi) is 4.90. The van der Waals surface area contributed by atoms with Gasteiger partial charge in [-0.3, -0.25) is 0 Å². The zero-order valence-electron chi connectivity index (χ0n) is 9.87. The molecule has 0 bridgehead atoms. The molecule has 1 rings (SSSR count). The van der Waals surface area contributed by atoms with Crippen molar-refractivity contribution in [3.05, 3.63) is 0 Å². The maximum atomic E-state index is 9.86. The Morgan fingerprint density at radius 3 is 2.50 bits per heavy atom. The van der Waals surface area contributed by atoms with Gasteiger partial charge in [0.2, 0.25) is 0 Å². The summed E-state index contributed by atoms with van der Waals surface area (Å²) >= 11 is 0. The van der Waals surface area contributed by atoms with Gasteiger partial charge >= 0.3 is 0 Å². The average Bonchev–Trinajstić information content (AvgIpc) is 2.15. The smallest absolute Gasteiger partial charge is 0.0695 e. The number of aliphatic hydroxyl groups is 1. The summed E-state index contributed by atoms with van der Waals surface area (Å²) in [7, 11) is 2.15. The van der Waals surface area contributed by atoms with E-state index in [1.807, 2.05) is 0 Å². The first-order valence-electron chi connectivity index (χ1n) is 5.99. The maximum Gasteiger partial charge on any atom is 0.0695 e. The van der Waals surface area contributed by atoms with Gasteiger partial charge in [-0.25, -0.2) is 0 Å². The average molecular weight is 199 g/mol. The van der Waals surface area contributed by atoms with Gasteiger partial charge in [-0.1, -0.05) is 26.7 Å². The first-order valence-corrected chi connectivity index (χ1v) is 5.99. The molecule has 0 aromatic carbocycles. The molecule has 0 unspecified atom stereocenters. The molecular formula is C12H25NO. The lowest BCUT2D eigenvalue weighted by molar-refractivity contribution is 0.0305. The van der Waals surface area contributed by atoms with Crippen LogP contribution in [0.3, 0.4) is 0 Å². The molecule has 1 N–H and O–H groups in total. The first kappa shape index (κ1) is 12.0. The van der Waals surface area contributed by atoms with Gasteiger partial charge in [0.25, 0.3) is 0 Å². The van der Waals surface area contributed by atoms with Crippen LogP contribution in [0.1, 0.15) is 46.0 Å². The summed E-state index contributed by atoms with van der Waals surface area (Å²) in [6, 6.07) is 0.419. The molecule has 0 spiro atoms. The molecule has 0 aromatic rings. The zero-order chi connectivity index (χ0) is 10.6. The van der Waals surface area contributed by atoms with Crippen LogP contribution in [0, 0.1) is 5.92 Å². The molecule has 84 valence electrons. The van der Waals surface area contributed by atoms with Crippen LogP contribution in [0.25, 0.3) is 0 Å². The molecule has 2 atom stereocenters. The van der Waals surface area contributed by atoms with Crippen LogP contribution in [0.15, 0.2) is 0 Å². The highest BCUT2D eigenvalue weighted by Gasteiger charge is 2.26. The van der Waals surface area contributed by atoms with E-state index in [2.05, 4.69) is 25.8 Å². The summed E-state index contributed by atoms with van der Waals surface area (Å²) in [6.45, 7) is 5.63. The van der Waals surface area contributed by atoms with E-state index in [1.165, 1.54) is 25.7 Å². The summed E-state index contributed by atoms with van der Waals surface area (Å²) in [6.07, 6.45) is 5.82. The van der Waals surface area contributed by atoms with E-state index < -0.39 is 0 Å². The van der Waals surface area contributed by atoms with E-state index in [0.717, 1.165) is 18.9 Å². The monoisotopic (exact) mass is 199 g/mol. The number of rotatable bonds is 4. The van der Waals surface area contributed by atoms with Crippen LogP contribution in [-0.4, -0.2) is 35.7 Å². The first-order chi connectivity index (χ1) is 6.61. The lowest BCUT2D eigenvalue weighted by Crippen LogP contribution is -2.43. The van der Waals surface area contributed by atoms with Crippen molar-refractivity contribution < 1.29 is 5.11 Å². The van der Waals surface area contributed by atoms with Gasteiger partial charge in [0.1, 0.15) is 0 Å². The molecule has 0 saturated heterocycles. The van der Waals surface area contributed by atoms with Crippen molar-refractivity contribution in [3.63, 3.8) is 0 Å². The molecule has 2 nitrogen and oxygen atoms in total. The number of hydrogen-bond acceptors (Lipinski definition) is 2. The summed E-state index contributed by atoms with van der Waals surface area (Å²) in [5.41, 5.74) is 0. The van der Waals surface area contributed by atoms with E-state index in [0.29, 0.717) is 6.04 Å². The second kappa shape index (κ2) is 5.72. The van der Waals surface area contributed by atoms with Gasteiger partial charge in [0.15, 0.2) is 0 Å². The molecular weight excluding hydrogens is 174 g/mol. The van der Waals surface area contributed by atoms with Crippen molar-refractivity contribution in [1.29, 1.82) is 0 Å². The summed E-state index contributed by atoms with van der Waals surface area (Å²) in [5.74, 6) is 0.762. The van der Waals surface area contributed by atoms with Crippen molar-refractivity contribution in [1.82, 2.24) is 4.90 Å². The van der Waals surface area contributed by atoms with Gasteiger partial charge in [-0.15, -0.1) is 0 Å². The second-order valence-electron chi connectivity index (χ2n) is 5.08. The third-order valence-corrected chi connectivity index (χ3v) is 3.32. The van der Waals surface area contributed by atoms with Crippen molar-refractivity contribution in [3.8, 4) is 0 Å². The Bertz CT molecular complexity index is 158. The Balaban J connectivity index is 2.30. The fraction of sp³-hybridized carbons (Fsp3) is 1.00. The third-order valence-electron chi connectivity index (χ3n) is 3.32. The highest BCUT2D eigenvalue weighted by atomic mass is 16.3. The lowest BCUT2D eigenvalue weighted by atomic mass is 9.91. The maximum absolute atomic E-state index is 9.86. The van der Waals surface area contributed by atoms with Crippen LogP contribution in [-0.2, 0) is 0 Å². The standard InChI is InChI=1S/C12H25NO/c1-10(2)8-9-13(3)11-6-4-5-7-12(11)14/h10-12,14H,4-9H2,1-3H3/t11-,12-/m0/s1. The van der Waals surface area contributed by atoms with Gasteiger partial charge in [-0.05, 0) is 38.8 Å².